The van der Waals surface area contributed by atoms with Gasteiger partial charge in [0.1, 0.15) is 0 Å². The SMILES string of the molecule is CCCCN(C1CC1)C(c1cccc(C)c1)C(C)N. The molecule has 1 fully saturated rings. The monoisotopic (exact) mass is 260 g/mol. The lowest BCUT2D eigenvalue weighted by Gasteiger charge is -2.35. The summed E-state index contributed by atoms with van der Waals surface area (Å²) in [4.78, 5) is 2.66. The third kappa shape index (κ3) is 3.80. The van der Waals surface area contributed by atoms with Gasteiger partial charge in [0, 0.05) is 18.1 Å². The molecule has 0 saturated heterocycles. The van der Waals surface area contributed by atoms with Crippen LogP contribution in [0.4, 0.5) is 0 Å². The Balaban J connectivity index is 2.21. The number of hydrogen-bond donors (Lipinski definition) is 1. The number of nitrogens with zero attached hydrogens (tertiary/aromatic N) is 1. The molecule has 1 aromatic rings. The molecule has 2 heteroatoms. The smallest absolute Gasteiger partial charge is 0.0499 e. The number of aryl methyl sites for hydroxylation is 1. The predicted octanol–water partition coefficient (Wildman–Crippen LogP) is 3.65. The molecule has 0 spiro atoms. The first-order valence-electron chi connectivity index (χ1n) is 7.71. The third-order valence-electron chi connectivity index (χ3n) is 4.02. The van der Waals surface area contributed by atoms with Crippen molar-refractivity contribution in [2.75, 3.05) is 6.54 Å². The summed E-state index contributed by atoms with van der Waals surface area (Å²) < 4.78 is 0. The molecule has 2 nitrogen and oxygen atoms in total. The molecule has 2 N–H and O–H groups in total. The molecule has 0 aliphatic heterocycles. The molecule has 0 amide bonds. The third-order valence-corrected chi connectivity index (χ3v) is 4.02. The van der Waals surface area contributed by atoms with Crippen LogP contribution in [0.3, 0.4) is 0 Å². The van der Waals surface area contributed by atoms with Gasteiger partial charge in [0.2, 0.25) is 0 Å². The maximum Gasteiger partial charge on any atom is 0.0499 e. The molecule has 0 heterocycles. The fourth-order valence-corrected chi connectivity index (χ4v) is 2.95. The Morgan fingerprint density at radius 3 is 2.63 bits per heavy atom. The molecule has 0 bridgehead atoms. The van der Waals surface area contributed by atoms with E-state index in [1.807, 2.05) is 0 Å². The van der Waals surface area contributed by atoms with Crippen molar-refractivity contribution in [3.63, 3.8) is 0 Å². The molecular weight excluding hydrogens is 232 g/mol. The molecule has 2 unspecified atom stereocenters. The fourth-order valence-electron chi connectivity index (χ4n) is 2.95. The predicted molar refractivity (Wildman–Crippen MR) is 82.2 cm³/mol. The summed E-state index contributed by atoms with van der Waals surface area (Å²) in [6.07, 6.45) is 5.21. The molecular formula is C17H28N2. The zero-order chi connectivity index (χ0) is 13.8. The van der Waals surface area contributed by atoms with Crippen molar-refractivity contribution in [3.8, 4) is 0 Å². The highest BCUT2D eigenvalue weighted by Gasteiger charge is 2.35. The van der Waals surface area contributed by atoms with Crippen LogP contribution in [0.5, 0.6) is 0 Å². The largest absolute Gasteiger partial charge is 0.326 e. The summed E-state index contributed by atoms with van der Waals surface area (Å²) in [5, 5.41) is 0. The van der Waals surface area contributed by atoms with Gasteiger partial charge in [-0.1, -0.05) is 43.2 Å². The maximum atomic E-state index is 6.32. The number of nitrogens with two attached hydrogens (primary N) is 1. The van der Waals surface area contributed by atoms with Crippen LogP contribution in [0, 0.1) is 6.92 Å². The van der Waals surface area contributed by atoms with E-state index in [-0.39, 0.29) is 6.04 Å². The van der Waals surface area contributed by atoms with Gasteiger partial charge in [-0.15, -0.1) is 0 Å². The molecule has 0 radical (unpaired) electrons. The molecule has 1 aliphatic rings. The number of rotatable bonds is 7. The van der Waals surface area contributed by atoms with E-state index >= 15 is 0 Å². The van der Waals surface area contributed by atoms with E-state index in [1.54, 1.807) is 0 Å². The second-order valence-electron chi connectivity index (χ2n) is 6.04. The number of benzene rings is 1. The molecule has 2 atom stereocenters. The van der Waals surface area contributed by atoms with Crippen LogP contribution in [0.25, 0.3) is 0 Å². The Morgan fingerprint density at radius 1 is 1.37 bits per heavy atom. The zero-order valence-electron chi connectivity index (χ0n) is 12.6. The van der Waals surface area contributed by atoms with Crippen LogP contribution < -0.4 is 5.73 Å². The van der Waals surface area contributed by atoms with Crippen molar-refractivity contribution in [2.45, 2.75) is 64.6 Å². The lowest BCUT2D eigenvalue weighted by molar-refractivity contribution is 0.164. The van der Waals surface area contributed by atoms with Gasteiger partial charge in [-0.3, -0.25) is 4.90 Å². The van der Waals surface area contributed by atoms with E-state index in [2.05, 4.69) is 49.9 Å². The summed E-state index contributed by atoms with van der Waals surface area (Å²) in [6.45, 7) is 7.75. The summed E-state index contributed by atoms with van der Waals surface area (Å²) in [5.41, 5.74) is 9.03. The average Bonchev–Trinajstić information content (AvgIpc) is 3.18. The van der Waals surface area contributed by atoms with E-state index in [0.717, 1.165) is 6.04 Å². The average molecular weight is 260 g/mol. The van der Waals surface area contributed by atoms with Gasteiger partial charge < -0.3 is 5.73 Å². The summed E-state index contributed by atoms with van der Waals surface area (Å²) in [6, 6.07) is 10.2. The molecule has 19 heavy (non-hydrogen) atoms. The van der Waals surface area contributed by atoms with Crippen LogP contribution in [-0.4, -0.2) is 23.5 Å². The molecule has 0 aromatic heterocycles. The van der Waals surface area contributed by atoms with E-state index in [9.17, 15) is 0 Å². The van der Waals surface area contributed by atoms with Gasteiger partial charge in [-0.25, -0.2) is 0 Å². The molecule has 2 rings (SSSR count). The van der Waals surface area contributed by atoms with Crippen LogP contribution in [-0.2, 0) is 0 Å². The quantitative estimate of drug-likeness (QED) is 0.811. The van der Waals surface area contributed by atoms with Crippen molar-refractivity contribution < 1.29 is 0 Å². The second kappa shape index (κ2) is 6.53. The maximum absolute atomic E-state index is 6.32. The minimum Gasteiger partial charge on any atom is -0.326 e. The topological polar surface area (TPSA) is 29.3 Å². The van der Waals surface area contributed by atoms with E-state index in [4.69, 9.17) is 5.73 Å². The van der Waals surface area contributed by atoms with E-state index in [0.29, 0.717) is 6.04 Å². The lowest BCUT2D eigenvalue weighted by Crippen LogP contribution is -2.41. The van der Waals surface area contributed by atoms with Crippen LogP contribution in [0.2, 0.25) is 0 Å². The Morgan fingerprint density at radius 2 is 2.11 bits per heavy atom. The van der Waals surface area contributed by atoms with Gasteiger partial charge in [-0.2, -0.15) is 0 Å². The highest BCUT2D eigenvalue weighted by molar-refractivity contribution is 5.26. The Kier molecular flexibility index (Phi) is 5.00. The van der Waals surface area contributed by atoms with Gasteiger partial charge in [0.25, 0.3) is 0 Å². The molecule has 1 aromatic carbocycles. The van der Waals surface area contributed by atoms with Crippen molar-refractivity contribution in [3.05, 3.63) is 35.4 Å². The first-order valence-corrected chi connectivity index (χ1v) is 7.71. The van der Waals surface area contributed by atoms with Crippen molar-refractivity contribution in [1.82, 2.24) is 4.90 Å². The second-order valence-corrected chi connectivity index (χ2v) is 6.04. The van der Waals surface area contributed by atoms with Crippen molar-refractivity contribution in [1.29, 1.82) is 0 Å². The summed E-state index contributed by atoms with van der Waals surface area (Å²) >= 11 is 0. The van der Waals surface area contributed by atoms with Gasteiger partial charge in [0.05, 0.1) is 0 Å². The molecule has 1 saturated carbocycles. The first-order chi connectivity index (χ1) is 9.13. The highest BCUT2D eigenvalue weighted by atomic mass is 15.2. The van der Waals surface area contributed by atoms with Gasteiger partial charge in [0.15, 0.2) is 0 Å². The molecule has 1 aliphatic carbocycles. The normalized spacial score (nSPS) is 18.6. The van der Waals surface area contributed by atoms with Crippen LogP contribution in [0.1, 0.15) is 56.7 Å². The zero-order valence-corrected chi connectivity index (χ0v) is 12.6. The standard InChI is InChI=1S/C17H28N2/c1-4-5-11-19(16-9-10-16)17(14(3)18)15-8-6-7-13(2)12-15/h6-8,12,14,16-17H,4-5,9-11,18H2,1-3H3. The number of unbranched alkanes of at least 4 members (excludes halogenated alkanes) is 1. The summed E-state index contributed by atoms with van der Waals surface area (Å²) in [5.74, 6) is 0. The number of hydrogen-bond acceptors (Lipinski definition) is 2. The molecule has 106 valence electrons. The minimum atomic E-state index is 0.180. The summed E-state index contributed by atoms with van der Waals surface area (Å²) in [7, 11) is 0. The van der Waals surface area contributed by atoms with Crippen LogP contribution >= 0.6 is 0 Å². The Bertz CT molecular complexity index is 396. The van der Waals surface area contributed by atoms with E-state index < -0.39 is 0 Å². The minimum absolute atomic E-state index is 0.180. The Labute approximate surface area is 118 Å². The lowest BCUT2D eigenvalue weighted by atomic mass is 9.97. The van der Waals surface area contributed by atoms with Crippen LogP contribution in [0.15, 0.2) is 24.3 Å². The Hall–Kier alpha value is -0.860. The van der Waals surface area contributed by atoms with Crippen molar-refractivity contribution >= 4 is 0 Å². The first kappa shape index (κ1) is 14.5. The van der Waals surface area contributed by atoms with E-state index in [1.165, 1.54) is 43.4 Å². The van der Waals surface area contributed by atoms with Gasteiger partial charge in [-0.05, 0) is 45.2 Å². The fraction of sp³-hybridized carbons (Fsp3) is 0.647. The highest BCUT2D eigenvalue weighted by Crippen LogP contribution is 2.36. The van der Waals surface area contributed by atoms with Crippen molar-refractivity contribution in [2.24, 2.45) is 5.73 Å². The van der Waals surface area contributed by atoms with Gasteiger partial charge >= 0.3 is 0 Å².